The highest BCUT2D eigenvalue weighted by Gasteiger charge is 2.30. The summed E-state index contributed by atoms with van der Waals surface area (Å²) >= 11 is 0. The van der Waals surface area contributed by atoms with Gasteiger partial charge in [-0.3, -0.25) is 14.0 Å². The zero-order chi connectivity index (χ0) is 28.4. The first kappa shape index (κ1) is 29.4. The highest BCUT2D eigenvalue weighted by atomic mass is 32.2. The van der Waals surface area contributed by atoms with Crippen molar-refractivity contribution in [2.45, 2.75) is 38.0 Å². The molecule has 3 N–H and O–H groups in total. The van der Waals surface area contributed by atoms with Crippen LogP contribution in [0.1, 0.15) is 32.4 Å². The number of nitrogens with one attached hydrogen (secondary N) is 1. The van der Waals surface area contributed by atoms with Gasteiger partial charge in [-0.1, -0.05) is 20.3 Å². The monoisotopic (exact) mass is 582 g/mol. The van der Waals surface area contributed by atoms with Crippen molar-refractivity contribution < 1.29 is 27.5 Å². The van der Waals surface area contributed by atoms with Gasteiger partial charge in [-0.25, -0.2) is 13.4 Å². The molecule has 0 unspecified atom stereocenters. The second-order valence-corrected chi connectivity index (χ2v) is 13.3. The molecule has 1 aliphatic rings. The highest BCUT2D eigenvalue weighted by molar-refractivity contribution is 7.89. The Hall–Kier alpha value is -2.61. The average Bonchev–Trinajstić information content (AvgIpc) is 3.21. The van der Waals surface area contributed by atoms with Crippen LogP contribution in [0.25, 0.3) is 22.4 Å². The van der Waals surface area contributed by atoms with Crippen LogP contribution in [0.4, 0.5) is 0 Å². The summed E-state index contributed by atoms with van der Waals surface area (Å²) in [5, 5.41) is 4.45. The summed E-state index contributed by atoms with van der Waals surface area (Å²) < 4.78 is 47.1. The number of aromatic amines is 1. The van der Waals surface area contributed by atoms with Crippen molar-refractivity contribution in [3.05, 3.63) is 34.2 Å². The fraction of sp³-hybridized carbons (Fsp3) is 0.542. The molecule has 1 aliphatic heterocycles. The molecule has 214 valence electrons. The Bertz CT molecular complexity index is 1540. The molecule has 13 nitrogen and oxygen atoms in total. The van der Waals surface area contributed by atoms with E-state index in [4.69, 9.17) is 19.5 Å². The maximum atomic E-state index is 13.6. The van der Waals surface area contributed by atoms with Gasteiger partial charge in [0, 0.05) is 39.8 Å². The SMILES string of the molecule is CCCOc1ccc(S(=O)(=O)N2CCN(CCP(=O)(O)O)CC2)cc1-c1nc2c(CCC)nn(C)c2c(=O)[nH]1. The quantitative estimate of drug-likeness (QED) is 0.282. The third-order valence-corrected chi connectivity index (χ3v) is 9.27. The van der Waals surface area contributed by atoms with Crippen LogP contribution < -0.4 is 10.3 Å². The minimum Gasteiger partial charge on any atom is -0.493 e. The molecule has 0 saturated carbocycles. The second-order valence-electron chi connectivity index (χ2n) is 9.57. The van der Waals surface area contributed by atoms with Gasteiger partial charge in [-0.2, -0.15) is 9.40 Å². The van der Waals surface area contributed by atoms with E-state index in [1.165, 1.54) is 21.1 Å². The van der Waals surface area contributed by atoms with Crippen LogP contribution in [0, 0.1) is 0 Å². The van der Waals surface area contributed by atoms with E-state index in [1.54, 1.807) is 13.1 Å². The van der Waals surface area contributed by atoms with Crippen LogP contribution in [0.5, 0.6) is 5.75 Å². The first-order valence-corrected chi connectivity index (χ1v) is 16.2. The summed E-state index contributed by atoms with van der Waals surface area (Å²) in [6, 6.07) is 4.53. The number of rotatable bonds is 11. The van der Waals surface area contributed by atoms with E-state index in [0.717, 1.165) is 12.8 Å². The van der Waals surface area contributed by atoms with Gasteiger partial charge in [0.2, 0.25) is 10.0 Å². The van der Waals surface area contributed by atoms with Gasteiger partial charge >= 0.3 is 7.60 Å². The minimum atomic E-state index is -4.12. The molecule has 1 aromatic carbocycles. The molecule has 0 bridgehead atoms. The van der Waals surface area contributed by atoms with E-state index in [2.05, 4.69) is 10.1 Å². The summed E-state index contributed by atoms with van der Waals surface area (Å²) in [5.41, 5.74) is 1.49. The van der Waals surface area contributed by atoms with Crippen LogP contribution in [0.2, 0.25) is 0 Å². The lowest BCUT2D eigenvalue weighted by Gasteiger charge is -2.34. The van der Waals surface area contributed by atoms with Crippen LogP contribution in [0.3, 0.4) is 0 Å². The van der Waals surface area contributed by atoms with E-state index < -0.39 is 17.6 Å². The molecule has 0 atom stereocenters. The number of hydrogen-bond acceptors (Lipinski definition) is 8. The molecule has 3 heterocycles. The van der Waals surface area contributed by atoms with E-state index in [-0.39, 0.29) is 42.1 Å². The lowest BCUT2D eigenvalue weighted by atomic mass is 10.1. The molecule has 2 aromatic heterocycles. The first-order valence-electron chi connectivity index (χ1n) is 12.9. The molecule has 39 heavy (non-hydrogen) atoms. The number of sulfonamides is 1. The smallest absolute Gasteiger partial charge is 0.326 e. The standard InChI is InChI=1S/C24H35N6O7PS/c1-4-6-19-21-22(28(3)27-19)24(31)26-23(25-21)18-16-17(7-8-20(18)37-14-5-2)39(35,36)30-11-9-29(10-12-30)13-15-38(32,33)34/h7-8,16H,4-6,9-15H2,1-3H3,(H,25,26,31)(H2,32,33,34). The third kappa shape index (κ3) is 6.59. The van der Waals surface area contributed by atoms with Gasteiger partial charge in [0.05, 0.1) is 28.9 Å². The molecule has 1 fully saturated rings. The first-order chi connectivity index (χ1) is 18.4. The van der Waals surface area contributed by atoms with Crippen molar-refractivity contribution >= 4 is 28.7 Å². The summed E-state index contributed by atoms with van der Waals surface area (Å²) in [6.45, 7) is 5.65. The fourth-order valence-electron chi connectivity index (χ4n) is 4.59. The summed E-state index contributed by atoms with van der Waals surface area (Å²) in [6.07, 6.45) is 1.93. The Morgan fingerprint density at radius 3 is 2.49 bits per heavy atom. The number of piperazine rings is 1. The Labute approximate surface area is 227 Å². The van der Waals surface area contributed by atoms with Gasteiger partial charge in [0.25, 0.3) is 5.56 Å². The number of aromatic nitrogens is 4. The van der Waals surface area contributed by atoms with Gasteiger partial charge in [-0.15, -0.1) is 0 Å². The Morgan fingerprint density at radius 2 is 1.85 bits per heavy atom. The largest absolute Gasteiger partial charge is 0.493 e. The summed E-state index contributed by atoms with van der Waals surface area (Å²) in [4.78, 5) is 40.7. The van der Waals surface area contributed by atoms with Crippen molar-refractivity contribution in [3.63, 3.8) is 0 Å². The van der Waals surface area contributed by atoms with Gasteiger partial charge < -0.3 is 24.4 Å². The molecule has 4 rings (SSSR count). The molecule has 15 heteroatoms. The number of H-pyrrole nitrogens is 1. The van der Waals surface area contributed by atoms with Crippen molar-refractivity contribution in [3.8, 4) is 17.1 Å². The molecule has 0 aliphatic carbocycles. The number of nitrogens with zero attached hydrogens (tertiary/aromatic N) is 5. The number of fused-ring (bicyclic) bond motifs is 1. The maximum Gasteiger partial charge on any atom is 0.326 e. The summed E-state index contributed by atoms with van der Waals surface area (Å²) in [5.74, 6) is 0.602. The Kier molecular flexibility index (Phi) is 8.94. The number of aryl methyl sites for hydroxylation is 2. The predicted octanol–water partition coefficient (Wildman–Crippen LogP) is 1.55. The van der Waals surface area contributed by atoms with Gasteiger partial charge in [0.1, 0.15) is 17.1 Å². The molecular formula is C24H35N6O7PS. The van der Waals surface area contributed by atoms with Crippen LogP contribution in [-0.2, 0) is 28.1 Å². The molecule has 1 saturated heterocycles. The zero-order valence-corrected chi connectivity index (χ0v) is 24.0. The van der Waals surface area contributed by atoms with Crippen molar-refractivity contribution in [1.82, 2.24) is 29.0 Å². The number of hydrogen-bond donors (Lipinski definition) is 3. The van der Waals surface area contributed by atoms with Crippen LogP contribution in [0.15, 0.2) is 27.9 Å². The van der Waals surface area contributed by atoms with Crippen molar-refractivity contribution in [2.24, 2.45) is 7.05 Å². The summed E-state index contributed by atoms with van der Waals surface area (Å²) in [7, 11) is -6.34. The molecule has 0 amide bonds. The van der Waals surface area contributed by atoms with Gasteiger partial charge in [0.15, 0.2) is 5.52 Å². The van der Waals surface area contributed by atoms with Gasteiger partial charge in [-0.05, 0) is 31.0 Å². The highest BCUT2D eigenvalue weighted by Crippen LogP contribution is 2.34. The van der Waals surface area contributed by atoms with Crippen molar-refractivity contribution in [1.29, 1.82) is 0 Å². The van der Waals surface area contributed by atoms with E-state index >= 15 is 0 Å². The predicted molar refractivity (Wildman–Crippen MR) is 146 cm³/mol. The molecule has 0 spiro atoms. The molecule has 0 radical (unpaired) electrons. The lowest BCUT2D eigenvalue weighted by Crippen LogP contribution is -2.49. The average molecular weight is 583 g/mol. The van der Waals surface area contributed by atoms with E-state index in [9.17, 15) is 17.8 Å². The van der Waals surface area contributed by atoms with E-state index in [1.807, 2.05) is 18.7 Å². The Morgan fingerprint density at radius 1 is 1.13 bits per heavy atom. The van der Waals surface area contributed by atoms with Crippen molar-refractivity contribution in [2.75, 3.05) is 45.5 Å². The van der Waals surface area contributed by atoms with E-state index in [0.29, 0.717) is 54.2 Å². The minimum absolute atomic E-state index is 0.0349. The second kappa shape index (κ2) is 11.9. The lowest BCUT2D eigenvalue weighted by molar-refractivity contribution is 0.194. The number of ether oxygens (including phenoxy) is 1. The normalized spacial score (nSPS) is 15.7. The third-order valence-electron chi connectivity index (χ3n) is 6.59. The molecule has 3 aromatic rings. The topological polar surface area (TPSA) is 171 Å². The van der Waals surface area contributed by atoms with Crippen LogP contribution in [-0.4, -0.2) is 92.7 Å². The Balaban J connectivity index is 1.69. The zero-order valence-electron chi connectivity index (χ0n) is 22.3. The maximum absolute atomic E-state index is 13.6. The fourth-order valence-corrected chi connectivity index (χ4v) is 6.58. The van der Waals surface area contributed by atoms with Crippen LogP contribution >= 0.6 is 7.60 Å². The number of benzene rings is 1. The molecular weight excluding hydrogens is 547 g/mol.